The third-order valence-corrected chi connectivity index (χ3v) is 3.43. The van der Waals surface area contributed by atoms with E-state index >= 15 is 0 Å². The van der Waals surface area contributed by atoms with Gasteiger partial charge >= 0.3 is 0 Å². The van der Waals surface area contributed by atoms with Gasteiger partial charge in [-0.2, -0.15) is 0 Å². The van der Waals surface area contributed by atoms with Crippen molar-refractivity contribution in [1.82, 2.24) is 4.90 Å². The van der Waals surface area contributed by atoms with Crippen LogP contribution in [0.25, 0.3) is 0 Å². The maximum Gasteiger partial charge on any atom is 0.0408 e. The maximum atomic E-state index is 5.99. The highest BCUT2D eigenvalue weighted by atomic mass is 35.5. The first kappa shape index (κ1) is 10.9. The van der Waals surface area contributed by atoms with Gasteiger partial charge in [0.2, 0.25) is 0 Å². The Bertz CT molecular complexity index is 334. The predicted octanol–water partition coefficient (Wildman–Crippen LogP) is 1.94. The fourth-order valence-corrected chi connectivity index (χ4v) is 2.54. The number of benzene rings is 1. The Balaban J connectivity index is 2.12. The van der Waals surface area contributed by atoms with Crippen LogP contribution in [0.3, 0.4) is 0 Å². The van der Waals surface area contributed by atoms with Crippen molar-refractivity contribution in [3.63, 3.8) is 0 Å². The van der Waals surface area contributed by atoms with Crippen molar-refractivity contribution in [2.45, 2.75) is 5.92 Å². The Morgan fingerprint density at radius 3 is 2.80 bits per heavy atom. The summed E-state index contributed by atoms with van der Waals surface area (Å²) in [6, 6.07) is 8.08. The van der Waals surface area contributed by atoms with Gasteiger partial charge < -0.3 is 10.6 Å². The number of nitrogens with zero attached hydrogens (tertiary/aromatic N) is 1. The maximum absolute atomic E-state index is 5.99. The van der Waals surface area contributed by atoms with Crippen LogP contribution in [-0.2, 0) is 0 Å². The normalized spacial score (nSPS) is 19.9. The summed E-state index contributed by atoms with van der Waals surface area (Å²) in [4.78, 5) is 2.32. The molecule has 3 heteroatoms. The molecule has 1 aliphatic rings. The molecule has 1 fully saturated rings. The van der Waals surface area contributed by atoms with Gasteiger partial charge in [-0.25, -0.2) is 0 Å². The lowest BCUT2D eigenvalue weighted by Crippen LogP contribution is -2.48. The third kappa shape index (κ3) is 2.33. The predicted molar refractivity (Wildman–Crippen MR) is 64.2 cm³/mol. The van der Waals surface area contributed by atoms with Gasteiger partial charge in [0.05, 0.1) is 0 Å². The molecule has 0 aliphatic carbocycles. The summed E-state index contributed by atoms with van der Waals surface area (Å²) in [5.74, 6) is 1.15. The lowest BCUT2D eigenvalue weighted by Gasteiger charge is -2.41. The van der Waals surface area contributed by atoms with E-state index < -0.39 is 0 Å². The minimum atomic E-state index is 0.458. The number of halogens is 1. The molecule has 1 unspecified atom stereocenters. The van der Waals surface area contributed by atoms with Gasteiger partial charge in [-0.3, -0.25) is 0 Å². The molecule has 0 radical (unpaired) electrons. The first-order chi connectivity index (χ1) is 7.20. The number of hydrogen-bond donors (Lipinski definition) is 1. The molecule has 15 heavy (non-hydrogen) atoms. The van der Waals surface area contributed by atoms with Crippen LogP contribution in [-0.4, -0.2) is 31.6 Å². The van der Waals surface area contributed by atoms with E-state index in [2.05, 4.69) is 18.0 Å². The Kier molecular flexibility index (Phi) is 3.29. The second kappa shape index (κ2) is 4.52. The summed E-state index contributed by atoms with van der Waals surface area (Å²) in [6.07, 6.45) is 0. The summed E-state index contributed by atoms with van der Waals surface area (Å²) in [5.41, 5.74) is 7.13. The average molecular weight is 225 g/mol. The van der Waals surface area contributed by atoms with Gasteiger partial charge in [0.1, 0.15) is 0 Å². The highest BCUT2D eigenvalue weighted by molar-refractivity contribution is 6.30. The molecule has 1 aromatic rings. The van der Waals surface area contributed by atoms with Crippen LogP contribution in [0, 0.1) is 5.92 Å². The van der Waals surface area contributed by atoms with Gasteiger partial charge in [-0.05, 0) is 37.2 Å². The van der Waals surface area contributed by atoms with Gasteiger partial charge in [0.25, 0.3) is 0 Å². The van der Waals surface area contributed by atoms with Crippen molar-refractivity contribution >= 4 is 11.6 Å². The SMILES string of the molecule is CN1CC(C(CN)c2cccc(Cl)c2)C1. The number of hydrogen-bond acceptors (Lipinski definition) is 2. The largest absolute Gasteiger partial charge is 0.330 e. The summed E-state index contributed by atoms with van der Waals surface area (Å²) in [6.45, 7) is 3.00. The van der Waals surface area contributed by atoms with E-state index in [9.17, 15) is 0 Å². The molecule has 0 spiro atoms. The van der Waals surface area contributed by atoms with Crippen molar-refractivity contribution < 1.29 is 0 Å². The zero-order valence-electron chi connectivity index (χ0n) is 8.99. The molecular weight excluding hydrogens is 208 g/mol. The van der Waals surface area contributed by atoms with Crippen LogP contribution in [0.2, 0.25) is 5.02 Å². The second-order valence-electron chi connectivity index (χ2n) is 4.38. The summed E-state index contributed by atoms with van der Waals surface area (Å²) < 4.78 is 0. The van der Waals surface area contributed by atoms with E-state index in [4.69, 9.17) is 17.3 Å². The molecule has 1 saturated heterocycles. The summed E-state index contributed by atoms with van der Waals surface area (Å²) >= 11 is 5.99. The summed E-state index contributed by atoms with van der Waals surface area (Å²) in [7, 11) is 2.14. The molecule has 2 N–H and O–H groups in total. The van der Waals surface area contributed by atoms with Gasteiger partial charge in [0.15, 0.2) is 0 Å². The molecule has 1 atom stereocenters. The number of likely N-dealkylation sites (tertiary alicyclic amines) is 1. The van der Waals surface area contributed by atoms with Crippen LogP contribution in [0.15, 0.2) is 24.3 Å². The molecule has 0 amide bonds. The van der Waals surface area contributed by atoms with Crippen LogP contribution in [0.4, 0.5) is 0 Å². The van der Waals surface area contributed by atoms with Crippen molar-refractivity contribution in [1.29, 1.82) is 0 Å². The van der Waals surface area contributed by atoms with E-state index in [0.29, 0.717) is 18.4 Å². The number of rotatable bonds is 3. The second-order valence-corrected chi connectivity index (χ2v) is 4.81. The van der Waals surface area contributed by atoms with Crippen LogP contribution in [0.1, 0.15) is 11.5 Å². The molecular formula is C12H17ClN2. The lowest BCUT2D eigenvalue weighted by atomic mass is 9.81. The Hall–Kier alpha value is -0.570. The lowest BCUT2D eigenvalue weighted by molar-refractivity contribution is 0.112. The van der Waals surface area contributed by atoms with E-state index in [1.165, 1.54) is 5.56 Å². The average Bonchev–Trinajstić information content (AvgIpc) is 2.16. The monoisotopic (exact) mass is 224 g/mol. The zero-order chi connectivity index (χ0) is 10.8. The molecule has 82 valence electrons. The molecule has 1 heterocycles. The molecule has 0 bridgehead atoms. The number of nitrogens with two attached hydrogens (primary N) is 1. The Morgan fingerprint density at radius 1 is 1.53 bits per heavy atom. The molecule has 2 nitrogen and oxygen atoms in total. The Labute approximate surface area is 96.0 Å². The van der Waals surface area contributed by atoms with Crippen molar-refractivity contribution in [2.24, 2.45) is 11.7 Å². The standard InChI is InChI=1S/C12H17ClN2/c1-15-7-10(8-15)12(6-14)9-3-2-4-11(13)5-9/h2-5,10,12H,6-8,14H2,1H3. The van der Waals surface area contributed by atoms with Crippen LogP contribution >= 0.6 is 11.6 Å². The summed E-state index contributed by atoms with van der Waals surface area (Å²) in [5, 5.41) is 0.804. The minimum Gasteiger partial charge on any atom is -0.330 e. The third-order valence-electron chi connectivity index (χ3n) is 3.19. The molecule has 2 rings (SSSR count). The van der Waals surface area contributed by atoms with Gasteiger partial charge in [-0.15, -0.1) is 0 Å². The van der Waals surface area contributed by atoms with Crippen molar-refractivity contribution in [3.05, 3.63) is 34.9 Å². The highest BCUT2D eigenvalue weighted by Crippen LogP contribution is 2.31. The van der Waals surface area contributed by atoms with Gasteiger partial charge in [0, 0.05) is 24.0 Å². The first-order valence-corrected chi connectivity index (χ1v) is 5.72. The zero-order valence-corrected chi connectivity index (χ0v) is 9.74. The van der Waals surface area contributed by atoms with Crippen molar-refractivity contribution in [2.75, 3.05) is 26.7 Å². The van der Waals surface area contributed by atoms with E-state index in [1.54, 1.807) is 0 Å². The van der Waals surface area contributed by atoms with Crippen LogP contribution < -0.4 is 5.73 Å². The van der Waals surface area contributed by atoms with E-state index in [1.807, 2.05) is 18.2 Å². The quantitative estimate of drug-likeness (QED) is 0.851. The molecule has 1 aliphatic heterocycles. The molecule has 0 saturated carbocycles. The highest BCUT2D eigenvalue weighted by Gasteiger charge is 2.31. The van der Waals surface area contributed by atoms with Crippen molar-refractivity contribution in [3.8, 4) is 0 Å². The molecule has 1 aromatic carbocycles. The van der Waals surface area contributed by atoms with Crippen LogP contribution in [0.5, 0.6) is 0 Å². The molecule has 0 aromatic heterocycles. The van der Waals surface area contributed by atoms with E-state index in [0.717, 1.165) is 18.1 Å². The topological polar surface area (TPSA) is 29.3 Å². The van der Waals surface area contributed by atoms with Gasteiger partial charge in [-0.1, -0.05) is 23.7 Å². The van der Waals surface area contributed by atoms with E-state index in [-0.39, 0.29) is 0 Å². The fourth-order valence-electron chi connectivity index (χ4n) is 2.34. The minimum absolute atomic E-state index is 0.458. The Morgan fingerprint density at radius 2 is 2.27 bits per heavy atom. The first-order valence-electron chi connectivity index (χ1n) is 5.35. The fraction of sp³-hybridized carbons (Fsp3) is 0.500. The smallest absolute Gasteiger partial charge is 0.0408 e.